The van der Waals surface area contributed by atoms with Crippen LogP contribution in [0.5, 0.6) is 0 Å². The molecule has 0 aliphatic rings. The van der Waals surface area contributed by atoms with Crippen LogP contribution in [0.15, 0.2) is 0 Å². The highest BCUT2D eigenvalue weighted by Crippen LogP contribution is 2.38. The van der Waals surface area contributed by atoms with Gasteiger partial charge in [0.1, 0.15) is 0 Å². The van der Waals surface area contributed by atoms with Crippen LogP contribution in [0.4, 0.5) is 0 Å². The van der Waals surface area contributed by atoms with Gasteiger partial charge < -0.3 is 0 Å². The van der Waals surface area contributed by atoms with Crippen molar-refractivity contribution in [2.24, 2.45) is 0 Å². The molecule has 34 heteroatoms. The molecule has 206 valence electrons. The lowest BCUT2D eigenvalue weighted by Crippen LogP contribution is -2.36. The van der Waals surface area contributed by atoms with Gasteiger partial charge in [0.2, 0.25) is 0 Å². The van der Waals surface area contributed by atoms with E-state index in [2.05, 4.69) is 11.7 Å². The van der Waals surface area contributed by atoms with Crippen LogP contribution in [0.1, 0.15) is 0 Å². The van der Waals surface area contributed by atoms with E-state index in [1.807, 2.05) is 0 Å². The first-order valence-corrected chi connectivity index (χ1v) is 49.6. The van der Waals surface area contributed by atoms with E-state index in [1.54, 1.807) is 0 Å². The molecule has 0 aromatic rings. The molecule has 0 bridgehead atoms. The van der Waals surface area contributed by atoms with Gasteiger partial charge in [0.05, 0.1) is 0 Å². The number of hydrogen-bond acceptors (Lipinski definition) is 23. The monoisotopic (exact) mass is 1090 g/mol. The summed E-state index contributed by atoms with van der Waals surface area (Å²) in [4.78, 5) is 0. The Bertz CT molecular complexity index is 2070. The van der Waals surface area contributed by atoms with E-state index in [4.69, 9.17) is 246 Å². The van der Waals surface area contributed by atoms with Crippen molar-refractivity contribution in [3.05, 3.63) is 0 Å². The van der Waals surface area contributed by atoms with Crippen LogP contribution in [0.25, 0.3) is 0 Å². The summed E-state index contributed by atoms with van der Waals surface area (Å²) in [6.45, 7) is 0. The van der Waals surface area contributed by atoms with Crippen molar-refractivity contribution in [1.82, 2.24) is 0 Å². The Labute approximate surface area is 308 Å². The van der Waals surface area contributed by atoms with Crippen molar-refractivity contribution in [1.29, 1.82) is 0 Å². The molecule has 0 aliphatic heterocycles. The standard InChI is InChI=1S/HS34/c1-24(2)26(6,7)28(10,11)30(14,15)32(18,19)34(22,23)33(20,21)31(16,17)29(12,13)27(8,9)25(3,4)5/h(H,3,4,5)/q-1. The molecule has 0 rings (SSSR count). The van der Waals surface area contributed by atoms with Gasteiger partial charge in [-0.25, -0.2) is 22.4 Å². The van der Waals surface area contributed by atoms with Crippen molar-refractivity contribution in [2.75, 3.05) is 0 Å². The Hall–Kier alpha value is 9.04. The predicted molar refractivity (Wildman–Crippen MR) is 252 cm³/mol. The van der Waals surface area contributed by atoms with Crippen LogP contribution >= 0.6 is 11.7 Å². The van der Waals surface area contributed by atoms with E-state index in [1.165, 1.54) is 0 Å². The molecule has 34 heavy (non-hydrogen) atoms. The molecule has 0 nitrogen and oxygen atoms in total. The minimum absolute atomic E-state index is 1.38. The van der Waals surface area contributed by atoms with Crippen LogP contribution in [-0.2, 0) is 305 Å². The summed E-state index contributed by atoms with van der Waals surface area (Å²) < 4.78 is 0. The molecule has 0 heterocycles. The molecular formula is HS34-. The fraction of sp³-hybridized carbons (Fsp3) is 0. The molecule has 0 aromatic carbocycles. The smallest absolute Gasteiger partial charge is 0.0451 e. The average Bonchev–Trinajstić information content (AvgIpc) is 2.58. The highest BCUT2D eigenvalue weighted by molar-refractivity contribution is 9.75. The second-order valence-electron chi connectivity index (χ2n) is 4.31. The zero-order valence-electron chi connectivity index (χ0n) is 13.9. The van der Waals surface area contributed by atoms with E-state index in [-0.39, 0.29) is 0 Å². The van der Waals surface area contributed by atoms with Crippen LogP contribution < -0.4 is 0 Å². The zero-order valence-corrected chi connectivity index (χ0v) is 41.8. The summed E-state index contributed by atoms with van der Waals surface area (Å²) in [6, 6.07) is 0. The van der Waals surface area contributed by atoms with Crippen LogP contribution in [-0.4, -0.2) is 0 Å². The lowest BCUT2D eigenvalue weighted by atomic mass is 29.7. The minimum atomic E-state index is -3.39. The van der Waals surface area contributed by atoms with Crippen LogP contribution in [0.2, 0.25) is 0 Å². The second kappa shape index (κ2) is 13.6. The van der Waals surface area contributed by atoms with Crippen molar-refractivity contribution in [3.8, 4) is 0 Å². The first-order chi connectivity index (χ1) is 14.2. The second-order valence-corrected chi connectivity index (χ2v) is 116. The third-order valence-corrected chi connectivity index (χ3v) is 196. The van der Waals surface area contributed by atoms with Crippen LogP contribution in [0.3, 0.4) is 0 Å². The maximum absolute atomic E-state index is 5.79. The summed E-state index contributed by atoms with van der Waals surface area (Å²) in [7, 11) is -1.38. The fourth-order valence-corrected chi connectivity index (χ4v) is 216. The largest absolute Gasteiger partial charge is 0.271 e. The van der Waals surface area contributed by atoms with E-state index < -0.39 is 59.2 Å². The maximum atomic E-state index is 5.79. The Morgan fingerprint density at radius 2 is 0.500 bits per heavy atom. The molecule has 0 radical (unpaired) electrons. The molecule has 0 saturated heterocycles. The van der Waals surface area contributed by atoms with Gasteiger partial charge >= 0.3 is 0 Å². The summed E-state index contributed by atoms with van der Waals surface area (Å²) in [6.07, 6.45) is 0. The zero-order chi connectivity index (χ0) is 28.6. The van der Waals surface area contributed by atoms with Gasteiger partial charge in [-0.2, -0.15) is 0 Å². The third kappa shape index (κ3) is 7.13. The van der Waals surface area contributed by atoms with Crippen molar-refractivity contribution < 1.29 is 0 Å². The third-order valence-electron chi connectivity index (χ3n) is 2.42. The molecule has 0 fully saturated rings. The Morgan fingerprint density at radius 3 is 0.676 bits per heavy atom. The topological polar surface area (TPSA) is 0 Å². The summed E-state index contributed by atoms with van der Waals surface area (Å²) >= 11 is 127. The quantitative estimate of drug-likeness (QED) is 0.181. The van der Waals surface area contributed by atoms with Gasteiger partial charge in [-0.1, -0.05) is 39.2 Å². The summed E-state index contributed by atoms with van der Waals surface area (Å²) in [5.41, 5.74) is 0. The van der Waals surface area contributed by atoms with Gasteiger partial charge in [0.25, 0.3) is 0 Å². The van der Waals surface area contributed by atoms with E-state index in [0.717, 1.165) is 0 Å². The van der Waals surface area contributed by atoms with Gasteiger partial charge in [-0.05, 0) is 201 Å². The van der Waals surface area contributed by atoms with E-state index in [0.29, 0.717) is 0 Å². The molecule has 0 amide bonds. The molecule has 0 spiro atoms. The molecule has 0 N–H and O–H groups in total. The first-order valence-electron chi connectivity index (χ1n) is 5.52. The van der Waals surface area contributed by atoms with Crippen molar-refractivity contribution >= 4 is 317 Å². The molecule has 0 atom stereocenters. The Kier molecular flexibility index (Phi) is 17.3. The summed E-state index contributed by atoms with van der Waals surface area (Å²) in [5.74, 6) is 0. The SMILES string of the molecule is S=[S-](=S)S(=S)(=S)S(=S)(=S)S(=S)(=S)S(=S)(=S)S(=S)(=S)S(=S)(=S)S(=S)(=S)S(=S)(=S)S(=S)(=S)S(=S)(=S)S. The number of rotatable bonds is 10. The van der Waals surface area contributed by atoms with Crippen molar-refractivity contribution in [3.63, 3.8) is 0 Å². The predicted octanol–water partition coefficient (Wildman–Crippen LogP) is 0.301. The molecule has 0 aromatic heterocycles. The minimum Gasteiger partial charge on any atom is -0.271 e. The first kappa shape index (κ1) is 43.0. The highest BCUT2D eigenvalue weighted by atomic mass is 34.4. The van der Waals surface area contributed by atoms with Crippen molar-refractivity contribution in [2.45, 2.75) is 0 Å². The lowest BCUT2D eigenvalue weighted by molar-refractivity contribution is 5.01. The van der Waals surface area contributed by atoms with E-state index >= 15 is 0 Å². The van der Waals surface area contributed by atoms with Gasteiger partial charge in [-0.15, -0.1) is 0 Å². The normalized spacial score (nSPS) is 16.3. The van der Waals surface area contributed by atoms with Gasteiger partial charge in [0, 0.05) is 46.9 Å². The van der Waals surface area contributed by atoms with Gasteiger partial charge in [-0.3, -0.25) is 7.05 Å². The van der Waals surface area contributed by atoms with Crippen LogP contribution in [0, 0.1) is 0 Å². The number of thiol groups is 1. The highest BCUT2D eigenvalue weighted by Gasteiger charge is 2.41. The molecule has 0 saturated carbocycles. The Morgan fingerprint density at radius 1 is 0.324 bits per heavy atom. The average molecular weight is 1090 g/mol. The molecular weight excluding hydrogens is 1090 g/mol. The summed E-state index contributed by atoms with van der Waals surface area (Å²) in [5, 5.41) is -31.7. The lowest BCUT2D eigenvalue weighted by Gasteiger charge is -2.34. The van der Waals surface area contributed by atoms with Gasteiger partial charge in [0.15, 0.2) is 0 Å². The van der Waals surface area contributed by atoms with E-state index in [9.17, 15) is 0 Å². The Balaban J connectivity index is 7.91. The molecule has 0 aliphatic carbocycles. The maximum Gasteiger partial charge on any atom is 0.0451 e. The fourth-order valence-electron chi connectivity index (χ4n) is 0.888. The molecule has 0 unspecified atom stereocenters. The number of hydrogen-bond donors (Lipinski definition) is 1.